The lowest BCUT2D eigenvalue weighted by molar-refractivity contribution is -0.132. The van der Waals surface area contributed by atoms with E-state index in [1.165, 1.54) is 17.7 Å². The van der Waals surface area contributed by atoms with Crippen LogP contribution >= 0.6 is 27.7 Å². The average Bonchev–Trinajstić information content (AvgIpc) is 3.18. The molecule has 2 aromatic rings. The molecule has 1 aliphatic rings. The number of hydrogen-bond acceptors (Lipinski definition) is 3. The van der Waals surface area contributed by atoms with Crippen LogP contribution in [0.3, 0.4) is 0 Å². The monoisotopic (exact) mass is 464 g/mol. The second-order valence-corrected chi connectivity index (χ2v) is 9.16. The second kappa shape index (κ2) is 10.4. The van der Waals surface area contributed by atoms with Crippen LogP contribution in [-0.4, -0.2) is 41.1 Å². The Labute approximate surface area is 179 Å². The zero-order chi connectivity index (χ0) is 19.9. The minimum Gasteiger partial charge on any atom is -0.325 e. The van der Waals surface area contributed by atoms with Crippen molar-refractivity contribution >= 4 is 33.6 Å². The number of carbonyl (C=O) groups excluding carboxylic acids is 1. The highest BCUT2D eigenvalue weighted by atomic mass is 79.9. The van der Waals surface area contributed by atoms with Crippen molar-refractivity contribution in [1.82, 2.24) is 9.80 Å². The van der Waals surface area contributed by atoms with Crippen LogP contribution in [0.15, 0.2) is 53.0 Å². The van der Waals surface area contributed by atoms with Gasteiger partial charge < -0.3 is 4.90 Å². The number of amides is 1. The fraction of sp³-hybridized carbons (Fsp3) is 0.409. The molecule has 0 radical (unpaired) electrons. The molecule has 0 aliphatic carbocycles. The van der Waals surface area contributed by atoms with E-state index >= 15 is 0 Å². The van der Waals surface area contributed by atoms with Crippen molar-refractivity contribution in [3.05, 3.63) is 69.9 Å². The molecule has 6 heteroatoms. The topological polar surface area (TPSA) is 23.6 Å². The van der Waals surface area contributed by atoms with Crippen LogP contribution in [0.25, 0.3) is 0 Å². The molecule has 150 valence electrons. The van der Waals surface area contributed by atoms with Gasteiger partial charge in [-0.1, -0.05) is 53.5 Å². The van der Waals surface area contributed by atoms with E-state index in [2.05, 4.69) is 39.9 Å². The molecule has 0 saturated carbocycles. The highest BCUT2D eigenvalue weighted by molar-refractivity contribution is 9.10. The van der Waals surface area contributed by atoms with E-state index in [4.69, 9.17) is 0 Å². The molecule has 2 aromatic carbocycles. The Morgan fingerprint density at radius 3 is 2.61 bits per heavy atom. The van der Waals surface area contributed by atoms with E-state index in [-0.39, 0.29) is 17.1 Å². The number of hydrogen-bond donors (Lipinski definition) is 0. The summed E-state index contributed by atoms with van der Waals surface area (Å²) >= 11 is 5.22. The lowest BCUT2D eigenvalue weighted by atomic mass is 10.2. The van der Waals surface area contributed by atoms with Gasteiger partial charge in [0.1, 0.15) is 11.2 Å². The second-order valence-electron chi connectivity index (χ2n) is 7.05. The van der Waals surface area contributed by atoms with Crippen molar-refractivity contribution in [3.63, 3.8) is 0 Å². The molecular weight excluding hydrogens is 439 g/mol. The van der Waals surface area contributed by atoms with Crippen LogP contribution in [0.4, 0.5) is 4.39 Å². The number of halogens is 2. The number of nitrogens with zero attached hydrogens (tertiary/aromatic N) is 2. The van der Waals surface area contributed by atoms with E-state index in [1.807, 2.05) is 17.0 Å². The molecule has 1 amide bonds. The highest BCUT2D eigenvalue weighted by Crippen LogP contribution is 2.38. The maximum Gasteiger partial charge on any atom is 0.237 e. The van der Waals surface area contributed by atoms with Gasteiger partial charge >= 0.3 is 0 Å². The van der Waals surface area contributed by atoms with Gasteiger partial charge in [-0.3, -0.25) is 9.69 Å². The zero-order valence-corrected chi connectivity index (χ0v) is 18.5. The lowest BCUT2D eigenvalue weighted by Gasteiger charge is -2.28. The molecule has 3 nitrogen and oxygen atoms in total. The van der Waals surface area contributed by atoms with E-state index in [1.54, 1.807) is 23.9 Å². The number of benzene rings is 2. The van der Waals surface area contributed by atoms with Crippen LogP contribution in [-0.2, 0) is 11.3 Å². The van der Waals surface area contributed by atoms with Gasteiger partial charge in [0.2, 0.25) is 5.91 Å². The first-order valence-corrected chi connectivity index (χ1v) is 11.5. The van der Waals surface area contributed by atoms with Gasteiger partial charge in [0.25, 0.3) is 0 Å². The summed E-state index contributed by atoms with van der Waals surface area (Å²) in [7, 11) is 0. The standard InChI is InChI=1S/C22H26BrFN2OS/c1-2-3-12-25(15-17-4-8-19(23)9-5-17)16-21(27)26-13-14-28-22(26)18-6-10-20(24)11-7-18/h4-11,22H,2-3,12-16H2,1H3/t22-/m0/s1. The SMILES string of the molecule is CCCCN(CC(=O)N1CCS[C@H]1c1ccc(F)cc1)Cc1ccc(Br)cc1. The molecule has 1 aliphatic heterocycles. The molecular formula is C22H26BrFN2OS. The van der Waals surface area contributed by atoms with Gasteiger partial charge in [0.15, 0.2) is 0 Å². The third-order valence-corrected chi connectivity index (χ3v) is 6.66. The summed E-state index contributed by atoms with van der Waals surface area (Å²) in [5, 5.41) is -0.0196. The molecule has 0 bridgehead atoms. The van der Waals surface area contributed by atoms with Crippen molar-refractivity contribution in [2.24, 2.45) is 0 Å². The first kappa shape index (κ1) is 21.3. The average molecular weight is 465 g/mol. The molecule has 1 fully saturated rings. The molecule has 3 rings (SSSR count). The van der Waals surface area contributed by atoms with E-state index in [0.717, 1.165) is 48.3 Å². The molecule has 0 aromatic heterocycles. The van der Waals surface area contributed by atoms with Crippen molar-refractivity contribution in [3.8, 4) is 0 Å². The Morgan fingerprint density at radius 2 is 1.93 bits per heavy atom. The fourth-order valence-corrected chi connectivity index (χ4v) is 4.90. The third kappa shape index (κ3) is 5.82. The molecule has 28 heavy (non-hydrogen) atoms. The Morgan fingerprint density at radius 1 is 1.21 bits per heavy atom. The van der Waals surface area contributed by atoms with E-state index in [0.29, 0.717) is 6.54 Å². The minimum absolute atomic E-state index is 0.0196. The van der Waals surface area contributed by atoms with Gasteiger partial charge in [-0.25, -0.2) is 4.39 Å². The predicted octanol–water partition coefficient (Wildman–Crippen LogP) is 5.46. The first-order chi connectivity index (χ1) is 13.6. The summed E-state index contributed by atoms with van der Waals surface area (Å²) in [6.45, 7) is 4.99. The van der Waals surface area contributed by atoms with Gasteiger partial charge in [-0.05, 0) is 48.4 Å². The Hall–Kier alpha value is -1.37. The Kier molecular flexibility index (Phi) is 7.94. The smallest absolute Gasteiger partial charge is 0.237 e. The normalized spacial score (nSPS) is 16.7. The van der Waals surface area contributed by atoms with Gasteiger partial charge in [0.05, 0.1) is 6.54 Å². The predicted molar refractivity (Wildman–Crippen MR) is 118 cm³/mol. The molecule has 0 N–H and O–H groups in total. The Balaban J connectivity index is 1.67. The summed E-state index contributed by atoms with van der Waals surface area (Å²) < 4.78 is 14.3. The molecule has 1 atom stereocenters. The maximum atomic E-state index is 13.3. The van der Waals surface area contributed by atoms with Crippen LogP contribution < -0.4 is 0 Å². The number of rotatable bonds is 8. The largest absolute Gasteiger partial charge is 0.325 e. The molecule has 0 unspecified atom stereocenters. The summed E-state index contributed by atoms with van der Waals surface area (Å²) in [5.74, 6) is 0.813. The highest BCUT2D eigenvalue weighted by Gasteiger charge is 2.31. The minimum atomic E-state index is -0.245. The number of carbonyl (C=O) groups is 1. The molecule has 1 heterocycles. The van der Waals surface area contributed by atoms with Crippen molar-refractivity contribution in [2.75, 3.05) is 25.4 Å². The quantitative estimate of drug-likeness (QED) is 0.517. The zero-order valence-electron chi connectivity index (χ0n) is 16.1. The Bertz CT molecular complexity index is 769. The summed E-state index contributed by atoms with van der Waals surface area (Å²) in [5.41, 5.74) is 2.20. The summed E-state index contributed by atoms with van der Waals surface area (Å²) in [6, 6.07) is 14.8. The third-order valence-electron chi connectivity index (χ3n) is 4.87. The first-order valence-electron chi connectivity index (χ1n) is 9.70. The lowest BCUT2D eigenvalue weighted by Crippen LogP contribution is -2.40. The van der Waals surface area contributed by atoms with Gasteiger partial charge in [-0.2, -0.15) is 0 Å². The van der Waals surface area contributed by atoms with Gasteiger partial charge in [-0.15, -0.1) is 11.8 Å². The van der Waals surface area contributed by atoms with Crippen LogP contribution in [0.1, 0.15) is 36.3 Å². The van der Waals surface area contributed by atoms with Gasteiger partial charge in [0, 0.05) is 23.3 Å². The van der Waals surface area contributed by atoms with E-state index in [9.17, 15) is 9.18 Å². The number of thioether (sulfide) groups is 1. The van der Waals surface area contributed by atoms with E-state index < -0.39 is 0 Å². The summed E-state index contributed by atoms with van der Waals surface area (Å²) in [6.07, 6.45) is 2.17. The van der Waals surface area contributed by atoms with Crippen molar-refractivity contribution in [2.45, 2.75) is 31.7 Å². The summed E-state index contributed by atoms with van der Waals surface area (Å²) in [4.78, 5) is 17.3. The van der Waals surface area contributed by atoms with Crippen molar-refractivity contribution < 1.29 is 9.18 Å². The molecule has 1 saturated heterocycles. The molecule has 0 spiro atoms. The van der Waals surface area contributed by atoms with Crippen molar-refractivity contribution in [1.29, 1.82) is 0 Å². The van der Waals surface area contributed by atoms with Crippen LogP contribution in [0, 0.1) is 5.82 Å². The van der Waals surface area contributed by atoms with Crippen LogP contribution in [0.2, 0.25) is 0 Å². The number of unbranched alkanes of at least 4 members (excludes halogenated alkanes) is 1. The van der Waals surface area contributed by atoms with Crippen LogP contribution in [0.5, 0.6) is 0 Å². The fourth-order valence-electron chi connectivity index (χ4n) is 3.35. The maximum absolute atomic E-state index is 13.3.